The molecule has 2 rings (SSSR count). The number of aliphatic imine (C=N–C) groups is 2. The van der Waals surface area contributed by atoms with Crippen LogP contribution in [0.15, 0.2) is 28.3 Å². The molecule has 0 bridgehead atoms. The van der Waals surface area contributed by atoms with E-state index in [2.05, 4.69) is 47.9 Å². The molecule has 3 nitrogen and oxygen atoms in total. The molecule has 0 aliphatic carbocycles. The summed E-state index contributed by atoms with van der Waals surface area (Å²) >= 11 is 0. The number of hydrogen-bond donors (Lipinski definition) is 0. The van der Waals surface area contributed by atoms with Crippen LogP contribution in [0.4, 0.5) is 0 Å². The molecule has 0 radical (unpaired) electrons. The van der Waals surface area contributed by atoms with Crippen molar-refractivity contribution in [1.29, 1.82) is 0 Å². The first-order valence-electron chi connectivity index (χ1n) is 5.09. The molecule has 2 heterocycles. The maximum Gasteiger partial charge on any atom is 0.110 e. The number of nitrogens with zero attached hydrogens (tertiary/aromatic N) is 3. The Morgan fingerprint density at radius 1 is 1.20 bits per heavy atom. The molecule has 0 spiro atoms. The van der Waals surface area contributed by atoms with Gasteiger partial charge < -0.3 is 0 Å². The van der Waals surface area contributed by atoms with Crippen molar-refractivity contribution in [2.24, 2.45) is 9.98 Å². The van der Waals surface area contributed by atoms with Crippen LogP contribution in [0, 0.1) is 0 Å². The van der Waals surface area contributed by atoms with Crippen LogP contribution in [0.2, 0.25) is 0 Å². The van der Waals surface area contributed by atoms with Gasteiger partial charge in [-0.25, -0.2) is 4.99 Å². The van der Waals surface area contributed by atoms with Gasteiger partial charge in [-0.05, 0) is 12.1 Å². The van der Waals surface area contributed by atoms with Gasteiger partial charge in [0.2, 0.25) is 0 Å². The number of pyridine rings is 1. The van der Waals surface area contributed by atoms with E-state index < -0.39 is 0 Å². The predicted molar refractivity (Wildman–Crippen MR) is 62.8 cm³/mol. The van der Waals surface area contributed by atoms with E-state index >= 15 is 0 Å². The lowest BCUT2D eigenvalue weighted by Gasteiger charge is -2.17. The van der Waals surface area contributed by atoms with Gasteiger partial charge in [-0.15, -0.1) is 0 Å². The Hall–Kier alpha value is -1.51. The van der Waals surface area contributed by atoms with Crippen LogP contribution in [0.25, 0.3) is 0 Å². The monoisotopic (exact) mass is 201 g/mol. The van der Waals surface area contributed by atoms with Gasteiger partial charge in [0, 0.05) is 22.9 Å². The van der Waals surface area contributed by atoms with Gasteiger partial charge in [0.05, 0.1) is 12.3 Å². The van der Waals surface area contributed by atoms with Crippen LogP contribution in [0.3, 0.4) is 0 Å². The van der Waals surface area contributed by atoms with Crippen molar-refractivity contribution < 1.29 is 0 Å². The maximum absolute atomic E-state index is 4.46. The van der Waals surface area contributed by atoms with Crippen LogP contribution >= 0.6 is 0 Å². The zero-order valence-electron chi connectivity index (χ0n) is 9.36. The maximum atomic E-state index is 4.46. The lowest BCUT2D eigenvalue weighted by molar-refractivity contribution is 0.569. The highest BCUT2D eigenvalue weighted by Crippen LogP contribution is 2.19. The predicted octanol–water partition coefficient (Wildman–Crippen LogP) is 2.21. The standard InChI is InChI=1S/C12H15N3/c1-12(2,3)11-5-4-9(6-14-11)10-7-13-8-15-10/h4-6,8H,7H2,1-3H3. The van der Waals surface area contributed by atoms with Gasteiger partial charge in [-0.2, -0.15) is 0 Å². The summed E-state index contributed by atoms with van der Waals surface area (Å²) < 4.78 is 0. The highest BCUT2D eigenvalue weighted by atomic mass is 14.9. The molecule has 15 heavy (non-hydrogen) atoms. The minimum atomic E-state index is 0.104. The van der Waals surface area contributed by atoms with Gasteiger partial charge in [0.25, 0.3) is 0 Å². The Morgan fingerprint density at radius 2 is 2.00 bits per heavy atom. The summed E-state index contributed by atoms with van der Waals surface area (Å²) in [7, 11) is 0. The summed E-state index contributed by atoms with van der Waals surface area (Å²) in [6.07, 6.45) is 3.49. The Balaban J connectivity index is 2.25. The molecule has 0 fully saturated rings. The molecule has 1 aromatic rings. The Labute approximate surface area is 90.0 Å². The van der Waals surface area contributed by atoms with Crippen molar-refractivity contribution in [2.75, 3.05) is 6.54 Å². The van der Waals surface area contributed by atoms with Crippen molar-refractivity contribution in [2.45, 2.75) is 26.2 Å². The molecule has 0 saturated heterocycles. The molecule has 3 heteroatoms. The smallest absolute Gasteiger partial charge is 0.110 e. The van der Waals surface area contributed by atoms with Crippen molar-refractivity contribution >= 4 is 12.1 Å². The summed E-state index contributed by atoms with van der Waals surface area (Å²) in [6.45, 7) is 7.15. The summed E-state index contributed by atoms with van der Waals surface area (Å²) in [5.74, 6) is 0. The molecule has 0 atom stereocenters. The van der Waals surface area contributed by atoms with Crippen LogP contribution in [0.1, 0.15) is 32.0 Å². The Morgan fingerprint density at radius 3 is 2.47 bits per heavy atom. The second-order valence-corrected chi connectivity index (χ2v) is 4.71. The van der Waals surface area contributed by atoms with Gasteiger partial charge in [0.15, 0.2) is 0 Å². The van der Waals surface area contributed by atoms with Crippen LogP contribution < -0.4 is 0 Å². The van der Waals surface area contributed by atoms with Gasteiger partial charge >= 0.3 is 0 Å². The van der Waals surface area contributed by atoms with Crippen molar-refractivity contribution in [3.63, 3.8) is 0 Å². The van der Waals surface area contributed by atoms with Gasteiger partial charge in [0.1, 0.15) is 6.34 Å². The first-order valence-corrected chi connectivity index (χ1v) is 5.09. The molecular weight excluding hydrogens is 186 g/mol. The molecule has 0 unspecified atom stereocenters. The van der Waals surface area contributed by atoms with Crippen molar-refractivity contribution in [3.05, 3.63) is 29.6 Å². The summed E-state index contributed by atoms with van der Waals surface area (Å²) in [6, 6.07) is 4.14. The van der Waals surface area contributed by atoms with Crippen LogP contribution in [-0.4, -0.2) is 23.6 Å². The van der Waals surface area contributed by atoms with E-state index in [-0.39, 0.29) is 5.41 Å². The van der Waals surface area contributed by atoms with Crippen molar-refractivity contribution in [1.82, 2.24) is 4.98 Å². The van der Waals surface area contributed by atoms with Gasteiger partial charge in [-0.1, -0.05) is 20.8 Å². The lowest BCUT2D eigenvalue weighted by atomic mass is 9.91. The van der Waals surface area contributed by atoms with E-state index in [4.69, 9.17) is 0 Å². The molecule has 0 saturated carbocycles. The molecule has 1 aromatic heterocycles. The third-order valence-corrected chi connectivity index (χ3v) is 2.40. The molecule has 78 valence electrons. The fourth-order valence-corrected chi connectivity index (χ4v) is 1.45. The molecule has 0 aromatic carbocycles. The fraction of sp³-hybridized carbons (Fsp3) is 0.417. The summed E-state index contributed by atoms with van der Waals surface area (Å²) in [5.41, 5.74) is 3.28. The second-order valence-electron chi connectivity index (χ2n) is 4.71. The summed E-state index contributed by atoms with van der Waals surface area (Å²) in [4.78, 5) is 12.7. The normalized spacial score (nSPS) is 15.5. The minimum absolute atomic E-state index is 0.104. The van der Waals surface area contributed by atoms with E-state index in [9.17, 15) is 0 Å². The first-order chi connectivity index (χ1) is 7.07. The average molecular weight is 201 g/mol. The Kier molecular flexibility index (Phi) is 2.39. The van der Waals surface area contributed by atoms with Crippen molar-refractivity contribution in [3.8, 4) is 0 Å². The lowest BCUT2D eigenvalue weighted by Crippen LogP contribution is -2.14. The minimum Gasteiger partial charge on any atom is -0.267 e. The van der Waals surface area contributed by atoms with E-state index in [1.54, 1.807) is 6.34 Å². The molecule has 1 aliphatic heterocycles. The van der Waals surface area contributed by atoms with E-state index in [1.165, 1.54) is 0 Å². The third kappa shape index (κ3) is 2.12. The van der Waals surface area contributed by atoms with E-state index in [1.807, 2.05) is 6.20 Å². The number of hydrogen-bond acceptors (Lipinski definition) is 3. The fourth-order valence-electron chi connectivity index (χ4n) is 1.45. The SMILES string of the molecule is CC(C)(C)c1ccc(C2=NC=NC2)cn1. The van der Waals surface area contributed by atoms with Gasteiger partial charge in [-0.3, -0.25) is 9.98 Å². The highest BCUT2D eigenvalue weighted by molar-refractivity contribution is 6.07. The second kappa shape index (κ2) is 3.57. The zero-order valence-corrected chi connectivity index (χ0v) is 9.36. The van der Waals surface area contributed by atoms with Crippen LogP contribution in [0.5, 0.6) is 0 Å². The average Bonchev–Trinajstić information content (AvgIpc) is 2.69. The Bertz CT molecular complexity index is 407. The zero-order chi connectivity index (χ0) is 10.9. The molecule has 0 N–H and O–H groups in total. The highest BCUT2D eigenvalue weighted by Gasteiger charge is 2.15. The third-order valence-electron chi connectivity index (χ3n) is 2.40. The first kappa shape index (κ1) is 10.0. The number of rotatable bonds is 1. The topological polar surface area (TPSA) is 37.6 Å². The molecular formula is C12H15N3. The quantitative estimate of drug-likeness (QED) is 0.686. The molecule has 1 aliphatic rings. The number of aromatic nitrogens is 1. The van der Waals surface area contributed by atoms with E-state index in [0.29, 0.717) is 6.54 Å². The van der Waals surface area contributed by atoms with E-state index in [0.717, 1.165) is 17.0 Å². The summed E-state index contributed by atoms with van der Waals surface area (Å²) in [5, 5.41) is 0. The largest absolute Gasteiger partial charge is 0.267 e. The molecule has 0 amide bonds. The van der Waals surface area contributed by atoms with Crippen LogP contribution in [-0.2, 0) is 5.41 Å².